The largest absolute Gasteiger partial charge is 0.393 e. The molecule has 3 N–H and O–H groups in total. The fourth-order valence-corrected chi connectivity index (χ4v) is 7.97. The van der Waals surface area contributed by atoms with Gasteiger partial charge in [-0.05, 0) is 93.8 Å². The van der Waals surface area contributed by atoms with Crippen LogP contribution in [0.4, 0.5) is 0 Å². The minimum Gasteiger partial charge on any atom is -0.393 e. The van der Waals surface area contributed by atoms with E-state index in [2.05, 4.69) is 13.8 Å². The molecule has 0 saturated heterocycles. The van der Waals surface area contributed by atoms with Crippen LogP contribution in [0.1, 0.15) is 78.6 Å². The quantitative estimate of drug-likeness (QED) is 0.687. The second-order valence-corrected chi connectivity index (χ2v) is 10.2. The summed E-state index contributed by atoms with van der Waals surface area (Å²) >= 11 is 0. The molecule has 0 aromatic carbocycles. The van der Waals surface area contributed by atoms with Crippen LogP contribution in [0, 0.1) is 34.5 Å². The first-order valence-corrected chi connectivity index (χ1v) is 10.3. The molecule has 3 nitrogen and oxygen atoms in total. The van der Waals surface area contributed by atoms with E-state index in [-0.39, 0.29) is 11.5 Å². The number of fused-ring (bicyclic) bond motifs is 5. The first-order valence-electron chi connectivity index (χ1n) is 10.3. The number of hydrogen-bond acceptors (Lipinski definition) is 3. The lowest BCUT2D eigenvalue weighted by molar-refractivity contribution is -0.186. The first kappa shape index (κ1) is 17.3. The van der Waals surface area contributed by atoms with E-state index in [9.17, 15) is 15.3 Å². The van der Waals surface area contributed by atoms with Crippen LogP contribution < -0.4 is 0 Å². The van der Waals surface area contributed by atoms with Gasteiger partial charge in [-0.25, -0.2) is 0 Å². The van der Waals surface area contributed by atoms with E-state index in [1.165, 1.54) is 25.7 Å². The van der Waals surface area contributed by atoms with Gasteiger partial charge in [0, 0.05) is 5.41 Å². The highest BCUT2D eigenvalue weighted by Crippen LogP contribution is 2.68. The maximum atomic E-state index is 11.3. The van der Waals surface area contributed by atoms with E-state index in [0.717, 1.165) is 38.0 Å². The van der Waals surface area contributed by atoms with Crippen molar-refractivity contribution in [3.05, 3.63) is 0 Å². The Labute approximate surface area is 146 Å². The normalized spacial score (nSPS) is 58.5. The predicted molar refractivity (Wildman–Crippen MR) is 94.4 cm³/mol. The molecular formula is C21H36O3. The van der Waals surface area contributed by atoms with Gasteiger partial charge in [-0.3, -0.25) is 0 Å². The number of hydrogen-bond donors (Lipinski definition) is 3. The van der Waals surface area contributed by atoms with Crippen molar-refractivity contribution in [1.82, 2.24) is 0 Å². The standard InChI is InChI=1S/C21H36O3/c1-13(22)21(24)11-8-18-16-5-4-14-12-15(23)6-9-19(14,2)17(16)7-10-20(18,21)3/h13-18,22-24H,4-12H2,1-3H3/t13-,14-,15+,16+,17+,18+,19-,20+,21-/m0/s1. The Morgan fingerprint density at radius 2 is 1.62 bits per heavy atom. The Kier molecular flexibility index (Phi) is 3.92. The van der Waals surface area contributed by atoms with Crippen LogP contribution in [0.3, 0.4) is 0 Å². The van der Waals surface area contributed by atoms with Gasteiger partial charge in [0.25, 0.3) is 0 Å². The molecule has 4 aliphatic rings. The Bertz CT molecular complexity index is 505. The van der Waals surface area contributed by atoms with Gasteiger partial charge in [0.15, 0.2) is 0 Å². The highest BCUT2D eigenvalue weighted by atomic mass is 16.3. The molecule has 0 heterocycles. The van der Waals surface area contributed by atoms with Gasteiger partial charge in [-0.2, -0.15) is 0 Å². The molecule has 0 spiro atoms. The number of aliphatic hydroxyl groups is 3. The van der Waals surface area contributed by atoms with Gasteiger partial charge in [0.1, 0.15) is 0 Å². The molecule has 138 valence electrons. The smallest absolute Gasteiger partial charge is 0.0958 e. The monoisotopic (exact) mass is 336 g/mol. The van der Waals surface area contributed by atoms with Crippen LogP contribution in [0.2, 0.25) is 0 Å². The summed E-state index contributed by atoms with van der Waals surface area (Å²) < 4.78 is 0. The zero-order chi connectivity index (χ0) is 17.3. The molecule has 0 aromatic heterocycles. The zero-order valence-corrected chi connectivity index (χ0v) is 15.7. The van der Waals surface area contributed by atoms with Crippen molar-refractivity contribution < 1.29 is 15.3 Å². The minimum absolute atomic E-state index is 0.0831. The van der Waals surface area contributed by atoms with Gasteiger partial charge in [0.05, 0.1) is 17.8 Å². The Morgan fingerprint density at radius 3 is 2.33 bits per heavy atom. The van der Waals surface area contributed by atoms with Crippen molar-refractivity contribution in [2.24, 2.45) is 34.5 Å². The summed E-state index contributed by atoms with van der Waals surface area (Å²) in [6.07, 6.45) is 8.99. The van der Waals surface area contributed by atoms with Crippen LogP contribution in [-0.4, -0.2) is 33.1 Å². The fourth-order valence-electron chi connectivity index (χ4n) is 7.97. The molecule has 3 heteroatoms. The third-order valence-electron chi connectivity index (χ3n) is 9.54. The van der Waals surface area contributed by atoms with E-state index in [1.807, 2.05) is 0 Å². The number of aliphatic hydroxyl groups excluding tert-OH is 2. The molecule has 24 heavy (non-hydrogen) atoms. The van der Waals surface area contributed by atoms with Gasteiger partial charge in [-0.1, -0.05) is 13.8 Å². The molecule has 0 unspecified atom stereocenters. The highest BCUT2D eigenvalue weighted by Gasteiger charge is 2.65. The number of rotatable bonds is 1. The third-order valence-corrected chi connectivity index (χ3v) is 9.54. The van der Waals surface area contributed by atoms with Gasteiger partial charge >= 0.3 is 0 Å². The molecular weight excluding hydrogens is 300 g/mol. The molecule has 4 fully saturated rings. The van der Waals surface area contributed by atoms with Crippen LogP contribution >= 0.6 is 0 Å². The van der Waals surface area contributed by atoms with Crippen LogP contribution in [-0.2, 0) is 0 Å². The zero-order valence-electron chi connectivity index (χ0n) is 15.7. The summed E-state index contributed by atoms with van der Waals surface area (Å²) in [6, 6.07) is 0. The van der Waals surface area contributed by atoms with Gasteiger partial charge < -0.3 is 15.3 Å². The van der Waals surface area contributed by atoms with Gasteiger partial charge in [-0.15, -0.1) is 0 Å². The second-order valence-electron chi connectivity index (χ2n) is 10.2. The first-order chi connectivity index (χ1) is 11.2. The molecule has 0 aromatic rings. The van der Waals surface area contributed by atoms with E-state index < -0.39 is 11.7 Å². The second kappa shape index (κ2) is 5.44. The van der Waals surface area contributed by atoms with Gasteiger partial charge in [0.2, 0.25) is 0 Å². The van der Waals surface area contributed by atoms with E-state index in [4.69, 9.17) is 0 Å². The van der Waals surface area contributed by atoms with Crippen LogP contribution in [0.5, 0.6) is 0 Å². The Balaban J connectivity index is 1.63. The fraction of sp³-hybridized carbons (Fsp3) is 1.00. The lowest BCUT2D eigenvalue weighted by Crippen LogP contribution is -2.59. The Hall–Kier alpha value is -0.120. The average molecular weight is 337 g/mol. The summed E-state index contributed by atoms with van der Waals surface area (Å²) in [5.74, 6) is 2.69. The lowest BCUT2D eigenvalue weighted by Gasteiger charge is -2.61. The molecule has 0 amide bonds. The SMILES string of the molecule is C[C@H](O)[C@@]1(O)CC[C@@H]2[C@@H]3CC[C@H]4C[C@H](O)CC[C@]4(C)[C@@H]3CC[C@]21C. The molecule has 9 atom stereocenters. The minimum atomic E-state index is -0.900. The third kappa shape index (κ3) is 2.07. The van der Waals surface area contributed by atoms with Crippen molar-refractivity contribution >= 4 is 0 Å². The van der Waals surface area contributed by atoms with E-state index >= 15 is 0 Å². The van der Waals surface area contributed by atoms with E-state index in [1.54, 1.807) is 6.92 Å². The Morgan fingerprint density at radius 1 is 0.917 bits per heavy atom. The molecule has 0 radical (unpaired) electrons. The topological polar surface area (TPSA) is 60.7 Å². The summed E-state index contributed by atoms with van der Waals surface area (Å²) in [7, 11) is 0. The molecule has 0 bridgehead atoms. The summed E-state index contributed by atoms with van der Waals surface area (Å²) in [4.78, 5) is 0. The van der Waals surface area contributed by atoms with Crippen molar-refractivity contribution in [2.75, 3.05) is 0 Å². The molecule has 4 rings (SSSR count). The van der Waals surface area contributed by atoms with Crippen LogP contribution in [0.25, 0.3) is 0 Å². The summed E-state index contributed by atoms with van der Waals surface area (Å²) in [5, 5.41) is 31.7. The maximum absolute atomic E-state index is 11.3. The highest BCUT2D eigenvalue weighted by molar-refractivity contribution is 5.15. The predicted octanol–water partition coefficient (Wildman–Crippen LogP) is 3.50. The van der Waals surface area contributed by atoms with Crippen molar-refractivity contribution in [2.45, 2.75) is 96.4 Å². The summed E-state index contributed by atoms with van der Waals surface area (Å²) in [5.41, 5.74) is -0.641. The van der Waals surface area contributed by atoms with Crippen molar-refractivity contribution in [1.29, 1.82) is 0 Å². The molecule has 4 saturated carbocycles. The summed E-state index contributed by atoms with van der Waals surface area (Å²) in [6.45, 7) is 6.53. The molecule has 4 aliphatic carbocycles. The van der Waals surface area contributed by atoms with E-state index in [0.29, 0.717) is 23.2 Å². The maximum Gasteiger partial charge on any atom is 0.0958 e. The lowest BCUT2D eigenvalue weighted by atomic mass is 9.44. The van der Waals surface area contributed by atoms with Crippen molar-refractivity contribution in [3.8, 4) is 0 Å². The van der Waals surface area contributed by atoms with Crippen molar-refractivity contribution in [3.63, 3.8) is 0 Å². The van der Waals surface area contributed by atoms with Crippen LogP contribution in [0.15, 0.2) is 0 Å². The average Bonchev–Trinajstić information content (AvgIpc) is 2.81. The molecule has 0 aliphatic heterocycles.